The van der Waals surface area contributed by atoms with Crippen molar-refractivity contribution in [3.05, 3.63) is 80.2 Å². The Morgan fingerprint density at radius 2 is 1.79 bits per heavy atom. The number of nitrogens with one attached hydrogen (secondary N) is 1. The number of para-hydroxylation sites is 1. The van der Waals surface area contributed by atoms with E-state index in [9.17, 15) is 14.0 Å². The average Bonchev–Trinajstić information content (AvgIpc) is 3.11. The molecule has 176 valence electrons. The number of anilines is 1. The zero-order valence-corrected chi connectivity index (χ0v) is 21.2. The van der Waals surface area contributed by atoms with E-state index in [0.717, 1.165) is 40.1 Å². The molecule has 8 heteroatoms. The summed E-state index contributed by atoms with van der Waals surface area (Å²) >= 11 is 2.72. The van der Waals surface area contributed by atoms with E-state index in [1.807, 2.05) is 39.0 Å². The van der Waals surface area contributed by atoms with Gasteiger partial charge < -0.3 is 5.32 Å². The van der Waals surface area contributed by atoms with Gasteiger partial charge >= 0.3 is 0 Å². The van der Waals surface area contributed by atoms with Gasteiger partial charge in [-0.2, -0.15) is 0 Å². The van der Waals surface area contributed by atoms with Crippen molar-refractivity contribution >= 4 is 44.9 Å². The minimum absolute atomic E-state index is 0.0824. The first kappa shape index (κ1) is 24.2. The molecule has 0 fully saturated rings. The quantitative estimate of drug-likeness (QED) is 0.245. The molecule has 5 nitrogen and oxygen atoms in total. The Balaban J connectivity index is 1.73. The molecule has 2 heterocycles. The van der Waals surface area contributed by atoms with Crippen LogP contribution in [-0.2, 0) is 11.2 Å². The normalized spacial score (nSPS) is 11.2. The molecule has 2 aromatic carbocycles. The Hall–Kier alpha value is -2.97. The maximum absolute atomic E-state index is 13.6. The second kappa shape index (κ2) is 10.1. The molecular formula is C26H26FN3O2S2. The van der Waals surface area contributed by atoms with E-state index < -0.39 is 0 Å². The van der Waals surface area contributed by atoms with Crippen molar-refractivity contribution in [1.82, 2.24) is 9.55 Å². The Morgan fingerprint density at radius 3 is 2.44 bits per heavy atom. The predicted molar refractivity (Wildman–Crippen MR) is 139 cm³/mol. The van der Waals surface area contributed by atoms with Crippen LogP contribution in [0.5, 0.6) is 0 Å². The number of aromatic nitrogens is 2. The van der Waals surface area contributed by atoms with Crippen LogP contribution in [0.2, 0.25) is 0 Å². The van der Waals surface area contributed by atoms with Crippen molar-refractivity contribution in [2.75, 3.05) is 11.1 Å². The Morgan fingerprint density at radius 1 is 1.12 bits per heavy atom. The molecule has 0 bridgehead atoms. The molecule has 0 aliphatic heterocycles. The maximum Gasteiger partial charge on any atom is 0.267 e. The molecule has 0 spiro atoms. The summed E-state index contributed by atoms with van der Waals surface area (Å²) in [5.74, 6) is -0.486. The minimum atomic E-state index is -0.384. The van der Waals surface area contributed by atoms with Gasteiger partial charge in [0.2, 0.25) is 5.91 Å². The first-order chi connectivity index (χ1) is 16.3. The predicted octanol–water partition coefficient (Wildman–Crippen LogP) is 6.19. The molecule has 0 unspecified atom stereocenters. The van der Waals surface area contributed by atoms with E-state index in [-0.39, 0.29) is 23.0 Å². The number of aryl methyl sites for hydroxylation is 4. The van der Waals surface area contributed by atoms with Crippen molar-refractivity contribution in [2.24, 2.45) is 0 Å². The van der Waals surface area contributed by atoms with Gasteiger partial charge in [-0.3, -0.25) is 14.2 Å². The number of carbonyl (C=O) groups is 1. The minimum Gasteiger partial charge on any atom is -0.325 e. The van der Waals surface area contributed by atoms with Gasteiger partial charge in [0.25, 0.3) is 5.56 Å². The summed E-state index contributed by atoms with van der Waals surface area (Å²) in [6, 6.07) is 11.6. The number of rotatable bonds is 7. The number of fused-ring (bicyclic) bond motifs is 1. The van der Waals surface area contributed by atoms with Crippen molar-refractivity contribution < 1.29 is 9.18 Å². The van der Waals surface area contributed by atoms with Gasteiger partial charge in [0, 0.05) is 10.6 Å². The van der Waals surface area contributed by atoms with Crippen molar-refractivity contribution in [1.29, 1.82) is 0 Å². The Kier molecular flexibility index (Phi) is 7.19. The molecule has 4 rings (SSSR count). The highest BCUT2D eigenvalue weighted by Gasteiger charge is 2.20. The number of hydrogen-bond acceptors (Lipinski definition) is 5. The monoisotopic (exact) mass is 495 g/mol. The lowest BCUT2D eigenvalue weighted by atomic mass is 10.1. The average molecular weight is 496 g/mol. The summed E-state index contributed by atoms with van der Waals surface area (Å²) < 4.78 is 15.1. The molecule has 0 saturated carbocycles. The second-order valence-corrected chi connectivity index (χ2v) is 10.2. The maximum atomic E-state index is 13.6. The molecule has 0 aliphatic rings. The van der Waals surface area contributed by atoms with Crippen LogP contribution in [0, 0.1) is 26.6 Å². The van der Waals surface area contributed by atoms with Gasteiger partial charge in [0.15, 0.2) is 5.16 Å². The fourth-order valence-corrected chi connectivity index (χ4v) is 6.04. The fourth-order valence-electron chi connectivity index (χ4n) is 3.91. The summed E-state index contributed by atoms with van der Waals surface area (Å²) in [6.45, 7) is 7.95. The van der Waals surface area contributed by atoms with Gasteiger partial charge in [-0.05, 0) is 68.1 Å². The number of amides is 1. The number of benzene rings is 2. The van der Waals surface area contributed by atoms with Crippen LogP contribution in [0.1, 0.15) is 34.9 Å². The number of hydrogen-bond donors (Lipinski definition) is 1. The van der Waals surface area contributed by atoms with Gasteiger partial charge in [0.1, 0.15) is 10.6 Å². The zero-order chi connectivity index (χ0) is 24.4. The summed E-state index contributed by atoms with van der Waals surface area (Å²) in [6.07, 6.45) is 1.85. The Bertz CT molecular complexity index is 1400. The first-order valence-corrected chi connectivity index (χ1v) is 12.9. The molecule has 1 N–H and O–H groups in total. The Labute approximate surface area is 206 Å². The second-order valence-electron chi connectivity index (χ2n) is 8.20. The third kappa shape index (κ3) is 4.79. The summed E-state index contributed by atoms with van der Waals surface area (Å²) in [7, 11) is 0. The van der Waals surface area contributed by atoms with Crippen LogP contribution in [0.15, 0.2) is 52.4 Å². The largest absolute Gasteiger partial charge is 0.325 e. The number of thioether (sulfide) groups is 1. The van der Waals surface area contributed by atoms with Crippen LogP contribution in [-0.4, -0.2) is 21.2 Å². The number of thiophene rings is 1. The summed E-state index contributed by atoms with van der Waals surface area (Å²) in [5, 5.41) is 3.97. The van der Waals surface area contributed by atoms with Crippen molar-refractivity contribution in [3.63, 3.8) is 0 Å². The molecule has 34 heavy (non-hydrogen) atoms. The highest BCUT2D eigenvalue weighted by molar-refractivity contribution is 7.99. The van der Waals surface area contributed by atoms with E-state index in [0.29, 0.717) is 21.1 Å². The standard InChI is InChI=1S/C26H26FN3O2S2/c1-5-7-20-17(4)22-24(34-20)29-26(30(25(22)32)19-12-10-18(27)11-13-19)33-14-21(31)28-23-15(2)8-6-9-16(23)3/h6,8-13H,5,7,14H2,1-4H3,(H,28,31). The molecule has 0 aliphatic carbocycles. The fraction of sp³-hybridized carbons (Fsp3) is 0.269. The van der Waals surface area contributed by atoms with Gasteiger partial charge in [-0.15, -0.1) is 11.3 Å². The molecule has 1 amide bonds. The van der Waals surface area contributed by atoms with Crippen LogP contribution in [0.4, 0.5) is 10.1 Å². The summed E-state index contributed by atoms with van der Waals surface area (Å²) in [5.41, 5.74) is 4.02. The van der Waals surface area contributed by atoms with Crippen LogP contribution in [0.3, 0.4) is 0 Å². The smallest absolute Gasteiger partial charge is 0.267 e. The molecule has 2 aromatic heterocycles. The summed E-state index contributed by atoms with van der Waals surface area (Å²) in [4.78, 5) is 33.0. The molecule has 0 radical (unpaired) electrons. The molecule has 4 aromatic rings. The SMILES string of the molecule is CCCc1sc2nc(SCC(=O)Nc3c(C)cccc3C)n(-c3ccc(F)cc3)c(=O)c2c1C. The van der Waals surface area contributed by atoms with E-state index >= 15 is 0 Å². The number of halogens is 1. The third-order valence-electron chi connectivity index (χ3n) is 5.67. The van der Waals surface area contributed by atoms with Crippen molar-refractivity contribution in [3.8, 4) is 5.69 Å². The van der Waals surface area contributed by atoms with E-state index in [2.05, 4.69) is 12.2 Å². The first-order valence-electron chi connectivity index (χ1n) is 11.1. The topological polar surface area (TPSA) is 64.0 Å². The van der Waals surface area contributed by atoms with Gasteiger partial charge in [-0.1, -0.05) is 43.3 Å². The third-order valence-corrected chi connectivity index (χ3v) is 7.86. The number of carbonyl (C=O) groups excluding carboxylic acids is 1. The molecule has 0 saturated heterocycles. The van der Waals surface area contributed by atoms with Crippen LogP contribution in [0.25, 0.3) is 15.9 Å². The lowest BCUT2D eigenvalue weighted by Crippen LogP contribution is -2.23. The molecular weight excluding hydrogens is 469 g/mol. The van der Waals surface area contributed by atoms with E-state index in [4.69, 9.17) is 4.98 Å². The van der Waals surface area contributed by atoms with E-state index in [1.165, 1.54) is 39.8 Å². The lowest BCUT2D eigenvalue weighted by Gasteiger charge is -2.14. The van der Waals surface area contributed by atoms with Crippen molar-refractivity contribution in [2.45, 2.75) is 45.7 Å². The van der Waals surface area contributed by atoms with Crippen LogP contribution >= 0.6 is 23.1 Å². The lowest BCUT2D eigenvalue weighted by molar-refractivity contribution is -0.113. The molecule has 0 atom stereocenters. The van der Waals surface area contributed by atoms with Gasteiger partial charge in [0.05, 0.1) is 16.8 Å². The number of nitrogens with zero attached hydrogens (tertiary/aromatic N) is 2. The highest BCUT2D eigenvalue weighted by Crippen LogP contribution is 2.31. The van der Waals surface area contributed by atoms with Crippen LogP contribution < -0.4 is 10.9 Å². The zero-order valence-electron chi connectivity index (χ0n) is 19.6. The van der Waals surface area contributed by atoms with Gasteiger partial charge in [-0.25, -0.2) is 9.37 Å². The highest BCUT2D eigenvalue weighted by atomic mass is 32.2. The van der Waals surface area contributed by atoms with E-state index in [1.54, 1.807) is 12.1 Å².